The Bertz CT molecular complexity index is 620. The molecule has 0 amide bonds. The molecule has 2 aliphatic carbocycles. The third-order valence-corrected chi connectivity index (χ3v) is 7.01. The molecule has 3 aliphatic rings. The molecule has 0 unspecified atom stereocenters. The molecule has 1 N–H and O–H groups in total. The highest BCUT2D eigenvalue weighted by atomic mass is 16.6. The molecule has 1 heterocycles. The molecule has 1 saturated carbocycles. The van der Waals surface area contributed by atoms with Crippen molar-refractivity contribution in [1.82, 2.24) is 0 Å². The van der Waals surface area contributed by atoms with Gasteiger partial charge in [-0.1, -0.05) is 23.8 Å². The standard InChI is InChI=1S/C22H34O4/c1-13-8-10-17(20(24)19-14(2)7-9-16(13)19)22(6)12-11-18(26-22)21(4,5)25-15(3)23/h7,16-20,24H,1,8-12H2,2-6H3/t16-,17+,18+,19-,20+,22+/m0/s1. The molecule has 0 radical (unpaired) electrons. The van der Waals surface area contributed by atoms with Crippen LogP contribution in [0, 0.1) is 17.8 Å². The minimum absolute atomic E-state index is 0.0637. The summed E-state index contributed by atoms with van der Waals surface area (Å²) in [5, 5.41) is 11.3. The highest BCUT2D eigenvalue weighted by molar-refractivity contribution is 5.66. The highest BCUT2D eigenvalue weighted by Crippen LogP contribution is 2.51. The number of ether oxygens (including phenoxy) is 2. The van der Waals surface area contributed by atoms with Crippen LogP contribution < -0.4 is 0 Å². The van der Waals surface area contributed by atoms with Crippen LogP contribution in [0.4, 0.5) is 0 Å². The number of fused-ring (bicyclic) bond motifs is 1. The molecule has 0 spiro atoms. The van der Waals surface area contributed by atoms with Gasteiger partial charge in [0.25, 0.3) is 0 Å². The van der Waals surface area contributed by atoms with Crippen molar-refractivity contribution in [2.24, 2.45) is 17.8 Å². The van der Waals surface area contributed by atoms with Crippen LogP contribution in [0.1, 0.15) is 66.7 Å². The fourth-order valence-corrected chi connectivity index (χ4v) is 5.51. The lowest BCUT2D eigenvalue weighted by molar-refractivity contribution is -0.184. The maximum absolute atomic E-state index is 11.4. The van der Waals surface area contributed by atoms with E-state index in [1.165, 1.54) is 18.1 Å². The maximum atomic E-state index is 11.4. The zero-order valence-electron chi connectivity index (χ0n) is 16.9. The van der Waals surface area contributed by atoms with Crippen LogP contribution in [-0.4, -0.2) is 34.5 Å². The summed E-state index contributed by atoms with van der Waals surface area (Å²) in [4.78, 5) is 11.4. The van der Waals surface area contributed by atoms with Crippen molar-refractivity contribution in [3.63, 3.8) is 0 Å². The number of hydrogen-bond acceptors (Lipinski definition) is 4. The second-order valence-corrected chi connectivity index (χ2v) is 9.27. The predicted octanol–water partition coefficient (Wildman–Crippen LogP) is 4.18. The maximum Gasteiger partial charge on any atom is 0.303 e. The number of carbonyl (C=O) groups excluding carboxylic acids is 1. The molecule has 0 bridgehead atoms. The van der Waals surface area contributed by atoms with Crippen molar-refractivity contribution in [2.45, 2.75) is 90.1 Å². The first-order valence-electron chi connectivity index (χ1n) is 9.95. The van der Waals surface area contributed by atoms with Gasteiger partial charge in [-0.05, 0) is 65.7 Å². The number of allylic oxidation sites excluding steroid dienone is 2. The Morgan fingerprint density at radius 2 is 2.12 bits per heavy atom. The van der Waals surface area contributed by atoms with E-state index < -0.39 is 17.3 Å². The van der Waals surface area contributed by atoms with E-state index in [4.69, 9.17) is 9.47 Å². The topological polar surface area (TPSA) is 55.8 Å². The van der Waals surface area contributed by atoms with E-state index in [2.05, 4.69) is 26.5 Å². The summed E-state index contributed by atoms with van der Waals surface area (Å²) in [6.45, 7) is 13.8. The summed E-state index contributed by atoms with van der Waals surface area (Å²) in [5.74, 6) is 0.311. The van der Waals surface area contributed by atoms with Crippen LogP contribution in [0.15, 0.2) is 23.8 Å². The summed E-state index contributed by atoms with van der Waals surface area (Å²) < 4.78 is 12.0. The quantitative estimate of drug-likeness (QED) is 0.604. The Kier molecular flexibility index (Phi) is 5.13. The van der Waals surface area contributed by atoms with Gasteiger partial charge in [0.2, 0.25) is 0 Å². The van der Waals surface area contributed by atoms with Gasteiger partial charge in [0, 0.05) is 18.8 Å². The van der Waals surface area contributed by atoms with E-state index in [0.717, 1.165) is 32.1 Å². The van der Waals surface area contributed by atoms with Gasteiger partial charge in [0.1, 0.15) is 5.60 Å². The molecule has 0 aromatic carbocycles. The van der Waals surface area contributed by atoms with Gasteiger partial charge in [0.15, 0.2) is 0 Å². The predicted molar refractivity (Wildman–Crippen MR) is 102 cm³/mol. The van der Waals surface area contributed by atoms with E-state index >= 15 is 0 Å². The van der Waals surface area contributed by atoms with Crippen molar-refractivity contribution in [2.75, 3.05) is 0 Å². The first-order valence-corrected chi connectivity index (χ1v) is 9.95. The van der Waals surface area contributed by atoms with Gasteiger partial charge in [-0.15, -0.1) is 0 Å². The van der Waals surface area contributed by atoms with E-state index in [1.54, 1.807) is 0 Å². The van der Waals surface area contributed by atoms with Gasteiger partial charge in [0.05, 0.1) is 17.8 Å². The molecule has 0 aromatic rings. The first kappa shape index (κ1) is 19.6. The molecule has 146 valence electrons. The fraction of sp³-hybridized carbons (Fsp3) is 0.773. The lowest BCUT2D eigenvalue weighted by Crippen LogP contribution is -2.47. The van der Waals surface area contributed by atoms with Gasteiger partial charge in [-0.2, -0.15) is 0 Å². The first-order chi connectivity index (χ1) is 12.0. The lowest BCUT2D eigenvalue weighted by atomic mass is 9.74. The summed E-state index contributed by atoms with van der Waals surface area (Å²) in [6, 6.07) is 0. The van der Waals surface area contributed by atoms with Crippen molar-refractivity contribution in [3.05, 3.63) is 23.8 Å². The van der Waals surface area contributed by atoms with Crippen molar-refractivity contribution in [3.8, 4) is 0 Å². The molecule has 1 aliphatic heterocycles. The third kappa shape index (κ3) is 3.38. The third-order valence-electron chi connectivity index (χ3n) is 7.01. The monoisotopic (exact) mass is 362 g/mol. The zero-order valence-corrected chi connectivity index (χ0v) is 16.9. The molecule has 26 heavy (non-hydrogen) atoms. The molecule has 2 fully saturated rings. The number of aliphatic hydroxyl groups is 1. The van der Waals surface area contributed by atoms with Gasteiger partial charge in [-0.25, -0.2) is 0 Å². The summed E-state index contributed by atoms with van der Waals surface area (Å²) >= 11 is 0. The van der Waals surface area contributed by atoms with E-state index in [9.17, 15) is 9.90 Å². The van der Waals surface area contributed by atoms with Crippen molar-refractivity contribution in [1.29, 1.82) is 0 Å². The van der Waals surface area contributed by atoms with E-state index in [-0.39, 0.29) is 23.9 Å². The number of carbonyl (C=O) groups is 1. The molecular formula is C22H34O4. The Morgan fingerprint density at radius 1 is 1.42 bits per heavy atom. The van der Waals surface area contributed by atoms with Crippen molar-refractivity contribution >= 4 is 5.97 Å². The SMILES string of the molecule is C=C1CC[C@@H]([C@@]2(C)CC[C@H](C(C)(C)OC(C)=O)O2)[C@@H](O)[C@H]2C(C)=CC[C@@H]12. The zero-order chi connectivity index (χ0) is 19.3. The Hall–Kier alpha value is -1.13. The smallest absolute Gasteiger partial charge is 0.303 e. The second kappa shape index (κ2) is 6.79. The summed E-state index contributed by atoms with van der Waals surface area (Å²) in [7, 11) is 0. The van der Waals surface area contributed by atoms with Crippen LogP contribution in [-0.2, 0) is 14.3 Å². The van der Waals surface area contributed by atoms with Crippen LogP contribution in [0.5, 0.6) is 0 Å². The Balaban J connectivity index is 1.80. The summed E-state index contributed by atoms with van der Waals surface area (Å²) in [6.07, 6.45) is 6.25. The van der Waals surface area contributed by atoms with Crippen LogP contribution >= 0.6 is 0 Å². The number of aliphatic hydroxyl groups excluding tert-OH is 1. The number of esters is 1. The van der Waals surface area contributed by atoms with Crippen LogP contribution in [0.2, 0.25) is 0 Å². The van der Waals surface area contributed by atoms with Crippen LogP contribution in [0.25, 0.3) is 0 Å². The minimum Gasteiger partial charge on any atom is -0.457 e. The molecule has 6 atom stereocenters. The van der Waals surface area contributed by atoms with E-state index in [0.29, 0.717) is 5.92 Å². The molecule has 1 saturated heterocycles. The molecular weight excluding hydrogens is 328 g/mol. The average molecular weight is 363 g/mol. The Labute approximate surface area is 157 Å². The van der Waals surface area contributed by atoms with Crippen molar-refractivity contribution < 1.29 is 19.4 Å². The largest absolute Gasteiger partial charge is 0.457 e. The Morgan fingerprint density at radius 3 is 2.77 bits per heavy atom. The highest BCUT2D eigenvalue weighted by Gasteiger charge is 2.53. The fourth-order valence-electron chi connectivity index (χ4n) is 5.51. The number of hydrogen-bond donors (Lipinski definition) is 1. The average Bonchev–Trinajstić information content (AvgIpc) is 3.07. The second-order valence-electron chi connectivity index (χ2n) is 9.27. The normalized spacial score (nSPS) is 40.8. The minimum atomic E-state index is -0.658. The molecule has 3 rings (SSSR count). The van der Waals surface area contributed by atoms with Gasteiger partial charge < -0.3 is 14.6 Å². The summed E-state index contributed by atoms with van der Waals surface area (Å²) in [5.41, 5.74) is 1.49. The van der Waals surface area contributed by atoms with E-state index in [1.807, 2.05) is 13.8 Å². The molecule has 4 nitrogen and oxygen atoms in total. The lowest BCUT2D eigenvalue weighted by Gasteiger charge is -2.40. The molecule has 4 heteroatoms. The van der Waals surface area contributed by atoms with Crippen LogP contribution in [0.3, 0.4) is 0 Å². The number of rotatable bonds is 3. The molecule has 0 aromatic heterocycles. The van der Waals surface area contributed by atoms with Gasteiger partial charge in [-0.3, -0.25) is 4.79 Å². The van der Waals surface area contributed by atoms with Gasteiger partial charge >= 0.3 is 5.97 Å².